The molecule has 4 aliphatic heterocycles. The number of hydrogen-bond acceptors (Lipinski definition) is 9. The maximum absolute atomic E-state index is 14.1. The molecule has 284 valence electrons. The number of aromatic amines is 1. The summed E-state index contributed by atoms with van der Waals surface area (Å²) < 4.78 is 0. The second kappa shape index (κ2) is 13.9. The molecule has 3 saturated heterocycles. The summed E-state index contributed by atoms with van der Waals surface area (Å²) in [6.07, 6.45) is 4.01. The van der Waals surface area contributed by atoms with E-state index in [-0.39, 0.29) is 29.0 Å². The van der Waals surface area contributed by atoms with Gasteiger partial charge in [0, 0.05) is 98.1 Å². The maximum atomic E-state index is 14.1. The van der Waals surface area contributed by atoms with Crippen molar-refractivity contribution in [3.63, 3.8) is 0 Å². The summed E-state index contributed by atoms with van der Waals surface area (Å²) >= 11 is 4.94. The lowest BCUT2D eigenvalue weighted by Crippen LogP contribution is -2.53. The Balaban J connectivity index is 0.831. The number of thiol groups is 1. The van der Waals surface area contributed by atoms with Crippen LogP contribution >= 0.6 is 12.6 Å². The van der Waals surface area contributed by atoms with Crippen LogP contribution in [0.25, 0.3) is 10.9 Å². The molecule has 0 spiro atoms. The van der Waals surface area contributed by atoms with Gasteiger partial charge >= 0.3 is 0 Å². The first kappa shape index (κ1) is 36.2. The Labute approximate surface area is 328 Å². The summed E-state index contributed by atoms with van der Waals surface area (Å²) in [4.78, 5) is 51.9. The normalized spacial score (nSPS) is 23.4. The lowest BCUT2D eigenvalue weighted by atomic mass is 9.70. The fraction of sp³-hybridized carbons (Fsp3) is 0.455. The van der Waals surface area contributed by atoms with Gasteiger partial charge in [-0.2, -0.15) is 17.9 Å². The molecule has 2 N–H and O–H groups in total. The molecule has 2 unspecified atom stereocenters. The molecular weight excluding hydrogens is 707 g/mol. The number of benzene rings is 3. The number of nitriles is 1. The lowest BCUT2D eigenvalue weighted by Gasteiger charge is -2.44. The quantitative estimate of drug-likeness (QED) is 0.167. The lowest BCUT2D eigenvalue weighted by molar-refractivity contribution is -0.137. The van der Waals surface area contributed by atoms with Gasteiger partial charge in [0.25, 0.3) is 0 Å². The Kier molecular flexibility index (Phi) is 9.16. The van der Waals surface area contributed by atoms with Gasteiger partial charge in [-0.05, 0) is 77.8 Å². The zero-order valence-electron chi connectivity index (χ0n) is 32.0. The van der Waals surface area contributed by atoms with Gasteiger partial charge in [0.2, 0.25) is 11.8 Å². The number of aryl methyl sites for hydroxylation is 1. The van der Waals surface area contributed by atoms with Crippen molar-refractivity contribution in [3.05, 3.63) is 98.7 Å². The number of piperazine rings is 1. The first-order valence-corrected chi connectivity index (χ1v) is 20.4. The number of hydrogen-bond donors (Lipinski definition) is 3. The molecule has 11 heteroatoms. The molecule has 4 aromatic rings. The molecule has 5 heterocycles. The molecule has 0 bridgehead atoms. The number of piperidine rings is 2. The first-order chi connectivity index (χ1) is 26.5. The zero-order chi connectivity index (χ0) is 38.2. The second-order valence-electron chi connectivity index (χ2n) is 16.7. The summed E-state index contributed by atoms with van der Waals surface area (Å²) in [5.74, 6) is -0.329. The van der Waals surface area contributed by atoms with Gasteiger partial charge in [0.15, 0.2) is 5.78 Å². The highest BCUT2D eigenvalue weighted by molar-refractivity contribution is 7.80. The molecule has 9 rings (SSSR count). The van der Waals surface area contributed by atoms with Crippen molar-refractivity contribution >= 4 is 46.8 Å². The van der Waals surface area contributed by atoms with E-state index in [1.54, 1.807) is 6.07 Å². The number of imide groups is 1. The molecule has 0 saturated carbocycles. The summed E-state index contributed by atoms with van der Waals surface area (Å²) in [6.45, 7) is 14.4. The molecule has 1 aromatic heterocycles. The molecule has 55 heavy (non-hydrogen) atoms. The highest BCUT2D eigenvalue weighted by Crippen LogP contribution is 2.46. The van der Waals surface area contributed by atoms with Crippen molar-refractivity contribution in [3.8, 4) is 6.07 Å². The number of rotatable bonds is 6. The Morgan fingerprint density at radius 3 is 2.45 bits per heavy atom. The predicted molar refractivity (Wildman–Crippen MR) is 216 cm³/mol. The van der Waals surface area contributed by atoms with Crippen LogP contribution in [-0.4, -0.2) is 88.6 Å². The average molecular weight is 756 g/mol. The Morgan fingerprint density at radius 1 is 0.945 bits per heavy atom. The Hall–Kier alpha value is -4.47. The molecule has 2 amide bonds. The number of carbonyl (C=O) groups excluding carboxylic acids is 3. The van der Waals surface area contributed by atoms with E-state index in [0.29, 0.717) is 31.0 Å². The van der Waals surface area contributed by atoms with Crippen molar-refractivity contribution < 1.29 is 14.4 Å². The molecule has 1 aliphatic carbocycles. The van der Waals surface area contributed by atoms with Crippen LogP contribution in [0.3, 0.4) is 0 Å². The zero-order valence-corrected chi connectivity index (χ0v) is 32.8. The minimum absolute atomic E-state index is 0.0675. The fourth-order valence-corrected chi connectivity index (χ4v) is 10.5. The van der Waals surface area contributed by atoms with E-state index < -0.39 is 5.41 Å². The highest BCUT2D eigenvalue weighted by atomic mass is 32.1. The van der Waals surface area contributed by atoms with Crippen LogP contribution in [0.4, 0.5) is 5.69 Å². The third kappa shape index (κ3) is 6.18. The number of nitrogens with zero attached hydrogens (tertiary/aromatic N) is 5. The maximum Gasteiger partial charge on any atom is 0.243 e. The number of nitrogens with one attached hydrogen (secondary N) is 2. The van der Waals surface area contributed by atoms with Gasteiger partial charge in [0.1, 0.15) is 0 Å². The predicted octanol–water partition coefficient (Wildman–Crippen LogP) is 5.81. The molecule has 5 aliphatic rings. The molecule has 10 nitrogen and oxygen atoms in total. The number of carbonyl (C=O) groups is 3. The van der Waals surface area contributed by atoms with Gasteiger partial charge in [0.05, 0.1) is 28.6 Å². The standard InChI is InChI=1S/C44H49N7O3S/c1-4-28-21-33-34(44(2,3)41-39(40(33)53)31-8-6-26(23-45)20-35(31)46-41)22-37(28)50-13-11-30(12-14-50)49-17-15-48(16-18-49)24-27-5-7-29-25-51(43(55)32(29)19-27)36-9-10-38(52)47-42(36)54/h5-8,19-22,30,36,43,46,55H,4,9-18,24-25H2,1-3H3,(H,47,52,54). The third-order valence-electron chi connectivity index (χ3n) is 13.2. The van der Waals surface area contributed by atoms with Crippen LogP contribution in [0.5, 0.6) is 0 Å². The van der Waals surface area contributed by atoms with Crippen LogP contribution < -0.4 is 10.2 Å². The molecule has 3 aromatic carbocycles. The van der Waals surface area contributed by atoms with E-state index in [4.69, 9.17) is 12.6 Å². The van der Waals surface area contributed by atoms with Gasteiger partial charge in [-0.25, -0.2) is 0 Å². The fourth-order valence-electron chi connectivity index (χ4n) is 10.0. The second-order valence-corrected chi connectivity index (χ2v) is 17.1. The van der Waals surface area contributed by atoms with E-state index in [0.717, 1.165) is 98.4 Å². The minimum Gasteiger partial charge on any atom is -0.371 e. The number of H-pyrrole nitrogens is 1. The van der Waals surface area contributed by atoms with Crippen molar-refractivity contribution in [2.45, 2.75) is 88.8 Å². The molecular formula is C44H49N7O3S. The highest BCUT2D eigenvalue weighted by Gasteiger charge is 2.42. The van der Waals surface area contributed by atoms with E-state index in [1.807, 2.05) is 12.1 Å². The largest absolute Gasteiger partial charge is 0.371 e. The average Bonchev–Trinajstić information content (AvgIpc) is 3.75. The Bertz CT molecular complexity index is 2270. The molecule has 2 atom stereocenters. The number of amides is 2. The topological polar surface area (TPSA) is 116 Å². The van der Waals surface area contributed by atoms with Crippen molar-refractivity contribution in [2.24, 2.45) is 0 Å². The van der Waals surface area contributed by atoms with E-state index in [9.17, 15) is 19.6 Å². The minimum atomic E-state index is -0.395. The summed E-state index contributed by atoms with van der Waals surface area (Å²) in [5, 5.41) is 12.7. The van der Waals surface area contributed by atoms with Gasteiger partial charge in [-0.15, -0.1) is 0 Å². The van der Waals surface area contributed by atoms with Gasteiger partial charge < -0.3 is 9.88 Å². The van der Waals surface area contributed by atoms with E-state index in [1.165, 1.54) is 27.9 Å². The van der Waals surface area contributed by atoms with Crippen molar-refractivity contribution in [2.75, 3.05) is 44.2 Å². The summed E-state index contributed by atoms with van der Waals surface area (Å²) in [7, 11) is 0. The monoisotopic (exact) mass is 755 g/mol. The van der Waals surface area contributed by atoms with Crippen LogP contribution in [0.15, 0.2) is 48.5 Å². The number of ketones is 1. The molecule has 3 fully saturated rings. The van der Waals surface area contributed by atoms with Gasteiger partial charge in [-0.3, -0.25) is 34.4 Å². The van der Waals surface area contributed by atoms with Gasteiger partial charge in [-0.1, -0.05) is 45.0 Å². The third-order valence-corrected chi connectivity index (χ3v) is 13.8. The van der Waals surface area contributed by atoms with Crippen LogP contribution in [-0.2, 0) is 34.5 Å². The Morgan fingerprint density at radius 2 is 1.73 bits per heavy atom. The van der Waals surface area contributed by atoms with Crippen molar-refractivity contribution in [1.29, 1.82) is 5.26 Å². The first-order valence-electron chi connectivity index (χ1n) is 19.9. The number of fused-ring (bicyclic) bond motifs is 5. The van der Waals surface area contributed by atoms with Crippen LogP contribution in [0.2, 0.25) is 0 Å². The number of anilines is 1. The van der Waals surface area contributed by atoms with E-state index >= 15 is 0 Å². The van der Waals surface area contributed by atoms with E-state index in [2.05, 4.69) is 87.1 Å². The number of aromatic nitrogens is 1. The molecule has 0 radical (unpaired) electrons. The summed E-state index contributed by atoms with van der Waals surface area (Å²) in [6, 6.07) is 19.2. The van der Waals surface area contributed by atoms with Crippen LogP contribution in [0.1, 0.15) is 107 Å². The smallest absolute Gasteiger partial charge is 0.243 e. The van der Waals surface area contributed by atoms with Crippen LogP contribution in [0, 0.1) is 11.3 Å². The SMILES string of the molecule is CCc1cc2c(cc1N1CCC(N3CCN(Cc4ccc5c(c4)C(S)N(C4CCC(=O)NC4=O)C5)CC3)CC1)C(C)(C)c1[nH]c3cc(C#N)ccc3c1C2=O. The van der Waals surface area contributed by atoms with Crippen molar-refractivity contribution in [1.82, 2.24) is 25.0 Å². The summed E-state index contributed by atoms with van der Waals surface area (Å²) in [5.41, 5.74) is 10.7.